The van der Waals surface area contributed by atoms with Crippen molar-refractivity contribution in [2.75, 3.05) is 7.11 Å². The van der Waals surface area contributed by atoms with Gasteiger partial charge in [-0.05, 0) is 0 Å². The summed E-state index contributed by atoms with van der Waals surface area (Å²) in [6.07, 6.45) is 3.14. The SMILES string of the molecule is COC1[C-](Br)C12CC2.[Li+]. The van der Waals surface area contributed by atoms with Gasteiger partial charge in [0.15, 0.2) is 0 Å². The first-order chi connectivity index (χ1) is 3.81. The van der Waals surface area contributed by atoms with Gasteiger partial charge in [0, 0.05) is 7.11 Å². The minimum atomic E-state index is 0. The van der Waals surface area contributed by atoms with Crippen molar-refractivity contribution in [3.8, 4) is 0 Å². The van der Waals surface area contributed by atoms with Crippen LogP contribution in [0.4, 0.5) is 0 Å². The molecule has 0 amide bonds. The van der Waals surface area contributed by atoms with Crippen LogP contribution in [0.5, 0.6) is 0 Å². The zero-order chi connectivity index (χ0) is 5.78. The van der Waals surface area contributed by atoms with Crippen LogP contribution < -0.4 is 18.9 Å². The van der Waals surface area contributed by atoms with Gasteiger partial charge < -0.3 is 20.7 Å². The van der Waals surface area contributed by atoms with Gasteiger partial charge in [-0.1, -0.05) is 18.9 Å². The van der Waals surface area contributed by atoms with Gasteiger partial charge in [0.1, 0.15) is 0 Å². The van der Waals surface area contributed by atoms with Crippen molar-refractivity contribution in [2.45, 2.75) is 18.9 Å². The summed E-state index contributed by atoms with van der Waals surface area (Å²) in [5.41, 5.74) is 0.536. The van der Waals surface area contributed by atoms with E-state index in [4.69, 9.17) is 4.74 Å². The molecule has 2 aliphatic rings. The molecule has 2 rings (SSSR count). The van der Waals surface area contributed by atoms with Gasteiger partial charge >= 0.3 is 18.9 Å². The maximum absolute atomic E-state index is 5.17. The molecule has 2 saturated carbocycles. The third-order valence-electron chi connectivity index (χ3n) is 2.15. The third-order valence-corrected chi connectivity index (χ3v) is 3.35. The summed E-state index contributed by atoms with van der Waals surface area (Å²) in [4.78, 5) is 1.40. The summed E-state index contributed by atoms with van der Waals surface area (Å²) in [6.45, 7) is 0. The van der Waals surface area contributed by atoms with E-state index < -0.39 is 0 Å². The molecule has 0 radical (unpaired) electrons. The minimum Gasteiger partial charge on any atom is -0.414 e. The van der Waals surface area contributed by atoms with Gasteiger partial charge in [0.2, 0.25) is 0 Å². The number of hydrogen-bond donors (Lipinski definition) is 0. The van der Waals surface area contributed by atoms with Crippen LogP contribution in [0.15, 0.2) is 0 Å². The molecule has 3 heteroatoms. The molecule has 0 N–H and O–H groups in total. The van der Waals surface area contributed by atoms with E-state index in [0.717, 1.165) is 0 Å². The Balaban J connectivity index is 0.000000405. The van der Waals surface area contributed by atoms with E-state index in [9.17, 15) is 0 Å². The van der Waals surface area contributed by atoms with Crippen LogP contribution in [0.25, 0.3) is 0 Å². The Labute approximate surface area is 75.8 Å². The first-order valence-electron chi connectivity index (χ1n) is 2.87. The Morgan fingerprint density at radius 2 is 2.22 bits per heavy atom. The van der Waals surface area contributed by atoms with E-state index >= 15 is 0 Å². The van der Waals surface area contributed by atoms with E-state index in [1.807, 2.05) is 0 Å². The molecule has 46 valence electrons. The molecule has 1 spiro atoms. The van der Waals surface area contributed by atoms with Crippen LogP contribution in [0.3, 0.4) is 0 Å². The second kappa shape index (κ2) is 2.27. The van der Waals surface area contributed by atoms with Crippen molar-refractivity contribution in [1.82, 2.24) is 0 Å². The average Bonchev–Trinajstić information content (AvgIpc) is 2.57. The molecule has 1 nitrogen and oxygen atoms in total. The van der Waals surface area contributed by atoms with Crippen molar-refractivity contribution in [3.63, 3.8) is 0 Å². The summed E-state index contributed by atoms with van der Waals surface area (Å²) in [7, 11) is 1.78. The van der Waals surface area contributed by atoms with Crippen LogP contribution in [-0.4, -0.2) is 13.2 Å². The van der Waals surface area contributed by atoms with Crippen LogP contribution in [-0.2, 0) is 4.74 Å². The summed E-state index contributed by atoms with van der Waals surface area (Å²) in [6, 6.07) is 0. The van der Waals surface area contributed by atoms with Crippen LogP contribution >= 0.6 is 15.9 Å². The van der Waals surface area contributed by atoms with Gasteiger partial charge in [-0.2, -0.15) is 0 Å². The zero-order valence-corrected chi connectivity index (χ0v) is 7.36. The Hall–Kier alpha value is 1.04. The molecule has 2 aliphatic carbocycles. The molecule has 2 fully saturated rings. The fraction of sp³-hybridized carbons (Fsp3) is 0.833. The quantitative estimate of drug-likeness (QED) is 0.363. The van der Waals surface area contributed by atoms with Gasteiger partial charge in [-0.25, -0.2) is 4.83 Å². The molecule has 9 heavy (non-hydrogen) atoms. The molecule has 1 unspecified atom stereocenters. The molecular weight excluding hydrogens is 175 g/mol. The average molecular weight is 183 g/mol. The Bertz CT molecular complexity index is 124. The van der Waals surface area contributed by atoms with Crippen LogP contribution in [0.2, 0.25) is 0 Å². The fourth-order valence-corrected chi connectivity index (χ4v) is 2.43. The maximum Gasteiger partial charge on any atom is 1.00 e. The summed E-state index contributed by atoms with van der Waals surface area (Å²) >= 11 is 3.48. The van der Waals surface area contributed by atoms with Crippen LogP contribution in [0, 0.1) is 10.2 Å². The maximum atomic E-state index is 5.17. The van der Waals surface area contributed by atoms with E-state index in [0.29, 0.717) is 11.5 Å². The number of halogens is 1. The summed E-state index contributed by atoms with van der Waals surface area (Å²) in [5, 5.41) is 0. The van der Waals surface area contributed by atoms with Gasteiger partial charge in [0.25, 0.3) is 0 Å². The van der Waals surface area contributed by atoms with E-state index in [1.165, 1.54) is 17.7 Å². The second-order valence-corrected chi connectivity index (χ2v) is 3.47. The first kappa shape index (κ1) is 8.14. The molecule has 0 aliphatic heterocycles. The molecular formula is C6H8BrLiO. The Kier molecular flexibility index (Phi) is 2.05. The predicted molar refractivity (Wildman–Crippen MR) is 34.6 cm³/mol. The number of rotatable bonds is 1. The minimum absolute atomic E-state index is 0. The third kappa shape index (κ3) is 0.922. The number of ether oxygens (including phenoxy) is 1. The predicted octanol–water partition coefficient (Wildman–Crippen LogP) is -1.27. The second-order valence-electron chi connectivity index (χ2n) is 2.62. The summed E-state index contributed by atoms with van der Waals surface area (Å²) < 4.78 is 5.17. The molecule has 0 aromatic carbocycles. The Morgan fingerprint density at radius 3 is 2.33 bits per heavy atom. The zero-order valence-electron chi connectivity index (χ0n) is 5.78. The van der Waals surface area contributed by atoms with Crippen molar-refractivity contribution < 1.29 is 23.6 Å². The largest absolute Gasteiger partial charge is 1.00 e. The standard InChI is InChI=1S/C6H8BrO.Li/c1-8-5-4(7)6(5)2-3-6;/h5H,2-3H2,1H3;/q-1;+1. The number of methoxy groups -OCH3 is 1. The van der Waals surface area contributed by atoms with Crippen LogP contribution in [0.1, 0.15) is 12.8 Å². The topological polar surface area (TPSA) is 9.23 Å². The van der Waals surface area contributed by atoms with Gasteiger partial charge in [-0.15, -0.1) is 5.41 Å². The van der Waals surface area contributed by atoms with E-state index in [1.54, 1.807) is 7.11 Å². The number of hydrogen-bond acceptors (Lipinski definition) is 1. The molecule has 1 atom stereocenters. The van der Waals surface area contributed by atoms with Gasteiger partial charge in [0.05, 0.1) is 0 Å². The normalized spacial score (nSPS) is 36.0. The van der Waals surface area contributed by atoms with E-state index in [-0.39, 0.29) is 18.9 Å². The first-order valence-corrected chi connectivity index (χ1v) is 3.66. The monoisotopic (exact) mass is 182 g/mol. The van der Waals surface area contributed by atoms with Crippen molar-refractivity contribution in [2.24, 2.45) is 5.41 Å². The molecule has 0 aromatic rings. The molecule has 0 bridgehead atoms. The van der Waals surface area contributed by atoms with Crippen molar-refractivity contribution in [1.29, 1.82) is 0 Å². The molecule has 0 aromatic heterocycles. The fourth-order valence-electron chi connectivity index (χ4n) is 1.31. The van der Waals surface area contributed by atoms with Crippen molar-refractivity contribution >= 4 is 15.9 Å². The van der Waals surface area contributed by atoms with Gasteiger partial charge in [-0.3, -0.25) is 0 Å². The smallest absolute Gasteiger partial charge is 0.414 e. The molecule has 0 heterocycles. The Morgan fingerprint density at radius 1 is 1.67 bits per heavy atom. The molecule has 0 saturated heterocycles. The summed E-state index contributed by atoms with van der Waals surface area (Å²) in [5.74, 6) is 0. The van der Waals surface area contributed by atoms with E-state index in [2.05, 4.69) is 15.9 Å². The van der Waals surface area contributed by atoms with Crippen molar-refractivity contribution in [3.05, 3.63) is 4.83 Å².